The Morgan fingerprint density at radius 1 is 0.923 bits per heavy atom. The van der Waals surface area contributed by atoms with Crippen LogP contribution in [0, 0.1) is 5.92 Å². The first-order valence-corrected chi connectivity index (χ1v) is 4.44. The summed E-state index contributed by atoms with van der Waals surface area (Å²) in [6, 6.07) is 0. The molecule has 0 bridgehead atoms. The molecule has 1 rings (SSSR count). The van der Waals surface area contributed by atoms with E-state index in [0.29, 0.717) is 5.92 Å². The summed E-state index contributed by atoms with van der Waals surface area (Å²) in [5.74, 6) is 0.694. The third-order valence-corrected chi connectivity index (χ3v) is 3.90. The molecule has 0 radical (unpaired) electrons. The quantitative estimate of drug-likeness (QED) is 0.386. The molecule has 0 nitrogen and oxygen atoms in total. The van der Waals surface area contributed by atoms with Crippen molar-refractivity contribution in [2.24, 2.45) is 5.92 Å². The predicted octanol–water partition coefficient (Wildman–Crippen LogP) is -6.19. The van der Waals surface area contributed by atoms with Gasteiger partial charge < -0.3 is 37.2 Å². The van der Waals surface area contributed by atoms with Gasteiger partial charge in [-0.1, -0.05) is 0 Å². The van der Waals surface area contributed by atoms with E-state index in [9.17, 15) is 0 Å². The van der Waals surface area contributed by atoms with Crippen molar-refractivity contribution in [3.63, 3.8) is 0 Å². The molecular weight excluding hydrogens is 262 g/mol. The summed E-state index contributed by atoms with van der Waals surface area (Å²) >= 11 is 2.24. The first-order valence-electron chi connectivity index (χ1n) is 3.65. The minimum Gasteiger partial charge on any atom is -1.00 e. The van der Waals surface area contributed by atoms with E-state index in [4.69, 9.17) is 0 Å². The molecule has 4 heteroatoms. The Bertz CT molecular complexity index is 207. The Kier molecular flexibility index (Phi) is 11.1. The normalized spacial score (nSPS) is 20.6. The molecule has 1 unspecified atom stereocenters. The summed E-state index contributed by atoms with van der Waals surface area (Å²) in [7, 11) is 0. The van der Waals surface area contributed by atoms with Crippen molar-refractivity contribution in [1.82, 2.24) is 0 Å². The molecular formula is C9H13Cl3Ti. The van der Waals surface area contributed by atoms with Crippen molar-refractivity contribution in [3.8, 4) is 0 Å². The molecule has 1 aliphatic carbocycles. The summed E-state index contributed by atoms with van der Waals surface area (Å²) in [5, 5.41) is 0. The van der Waals surface area contributed by atoms with Crippen LogP contribution >= 0.6 is 0 Å². The maximum Gasteiger partial charge on any atom is -1.00 e. The van der Waals surface area contributed by atoms with E-state index in [1.807, 2.05) is 0 Å². The van der Waals surface area contributed by atoms with Crippen LogP contribution in [0.15, 0.2) is 20.6 Å². The molecule has 0 aromatic heterocycles. The first-order chi connectivity index (χ1) is 4.55. The van der Waals surface area contributed by atoms with Crippen LogP contribution in [-0.4, -0.2) is 0 Å². The minimum absolute atomic E-state index is 0. The Morgan fingerprint density at radius 2 is 1.31 bits per heavy atom. The summed E-state index contributed by atoms with van der Waals surface area (Å²) in [5.41, 5.74) is 4.56. The van der Waals surface area contributed by atoms with Gasteiger partial charge >= 0.3 is 74.6 Å². The zero-order valence-corrected chi connectivity index (χ0v) is 12.0. The van der Waals surface area contributed by atoms with E-state index in [1.54, 1.807) is 9.45 Å². The number of hydrogen-bond donors (Lipinski definition) is 0. The predicted molar refractivity (Wildman–Crippen MR) is 40.2 cm³/mol. The Labute approximate surface area is 111 Å². The Balaban J connectivity index is -0.000000333. The standard InChI is InChI=1S/C9H13.3ClH.Ti/c1-6-5-7(2)9(4)8(6)3;;;;/h6H,1-4H3;3*1H;/q;;;;+3/p-3. The minimum atomic E-state index is 0. The fourth-order valence-corrected chi connectivity index (χ4v) is 1.99. The average molecular weight is 275 g/mol. The molecule has 74 valence electrons. The summed E-state index contributed by atoms with van der Waals surface area (Å²) in [6.45, 7) is 8.96. The van der Waals surface area contributed by atoms with Crippen LogP contribution in [0.4, 0.5) is 0 Å². The van der Waals surface area contributed by atoms with Crippen molar-refractivity contribution in [1.29, 1.82) is 0 Å². The van der Waals surface area contributed by atoms with Crippen LogP contribution in [0.3, 0.4) is 0 Å². The van der Waals surface area contributed by atoms with Crippen molar-refractivity contribution in [2.75, 3.05) is 0 Å². The number of halogens is 3. The molecule has 0 heterocycles. The van der Waals surface area contributed by atoms with Crippen molar-refractivity contribution in [3.05, 3.63) is 20.6 Å². The van der Waals surface area contributed by atoms with Gasteiger partial charge in [0.05, 0.1) is 0 Å². The zero-order chi connectivity index (χ0) is 7.89. The smallest absolute Gasteiger partial charge is 1.00 e. The van der Waals surface area contributed by atoms with E-state index in [-0.39, 0.29) is 37.2 Å². The maximum atomic E-state index is 2.28. The van der Waals surface area contributed by atoms with Gasteiger partial charge in [0, 0.05) is 0 Å². The maximum absolute atomic E-state index is 2.28. The molecule has 0 aromatic rings. The number of hydrogen-bond acceptors (Lipinski definition) is 0. The third-order valence-electron chi connectivity index (χ3n) is 2.64. The van der Waals surface area contributed by atoms with Gasteiger partial charge in [-0.2, -0.15) is 0 Å². The Morgan fingerprint density at radius 3 is 1.38 bits per heavy atom. The van der Waals surface area contributed by atoms with Crippen molar-refractivity contribution >= 4 is 0 Å². The van der Waals surface area contributed by atoms with Crippen molar-refractivity contribution < 1.29 is 57.7 Å². The number of rotatable bonds is 0. The van der Waals surface area contributed by atoms with Crippen LogP contribution in [0.2, 0.25) is 0 Å². The van der Waals surface area contributed by atoms with Gasteiger partial charge in [-0.05, 0) is 0 Å². The van der Waals surface area contributed by atoms with E-state index in [0.717, 1.165) is 0 Å². The van der Waals surface area contributed by atoms with Gasteiger partial charge in [0.15, 0.2) is 0 Å². The average Bonchev–Trinajstić information content (AvgIpc) is 2.07. The third kappa shape index (κ3) is 3.60. The topological polar surface area (TPSA) is 0 Å². The molecule has 0 saturated carbocycles. The molecule has 1 aliphatic rings. The first kappa shape index (κ1) is 19.6. The second kappa shape index (κ2) is 7.37. The second-order valence-corrected chi connectivity index (χ2v) is 3.91. The summed E-state index contributed by atoms with van der Waals surface area (Å²) < 4.78 is 1.55. The molecule has 1 atom stereocenters. The largest absolute Gasteiger partial charge is 1.00 e. The fourth-order valence-electron chi connectivity index (χ4n) is 1.36. The summed E-state index contributed by atoms with van der Waals surface area (Å²) in [4.78, 5) is 0. The van der Waals surface area contributed by atoms with Crippen LogP contribution in [0.5, 0.6) is 0 Å². The fraction of sp³-hybridized carbons (Fsp3) is 0.556. The molecule has 0 N–H and O–H groups in total. The van der Waals surface area contributed by atoms with Crippen LogP contribution in [-0.2, 0) is 20.4 Å². The Hall–Kier alpha value is 1.06. The van der Waals surface area contributed by atoms with Gasteiger partial charge in [-0.15, -0.1) is 0 Å². The van der Waals surface area contributed by atoms with Crippen LogP contribution in [0.25, 0.3) is 0 Å². The molecule has 0 aromatic carbocycles. The number of allylic oxidation sites excluding steroid dienone is 4. The van der Waals surface area contributed by atoms with Gasteiger partial charge in [-0.25, -0.2) is 0 Å². The monoisotopic (exact) mass is 274 g/mol. The van der Waals surface area contributed by atoms with E-state index >= 15 is 0 Å². The van der Waals surface area contributed by atoms with E-state index in [1.165, 1.54) is 11.1 Å². The summed E-state index contributed by atoms with van der Waals surface area (Å²) in [6.07, 6.45) is 0. The van der Waals surface area contributed by atoms with Crippen LogP contribution in [0.1, 0.15) is 27.7 Å². The molecule has 0 amide bonds. The molecule has 13 heavy (non-hydrogen) atoms. The zero-order valence-electron chi connectivity index (χ0n) is 8.21. The van der Waals surface area contributed by atoms with Gasteiger partial charge in [-0.3, -0.25) is 0 Å². The van der Waals surface area contributed by atoms with Crippen molar-refractivity contribution in [2.45, 2.75) is 27.7 Å². The van der Waals surface area contributed by atoms with Gasteiger partial charge in [0.1, 0.15) is 0 Å². The van der Waals surface area contributed by atoms with Gasteiger partial charge in [0.2, 0.25) is 0 Å². The van der Waals surface area contributed by atoms with E-state index in [2.05, 4.69) is 48.1 Å². The SMILES string of the molecule is CC1=C(C)C(C)[C]([Ti+3])=C1C.[Cl-].[Cl-].[Cl-]. The van der Waals surface area contributed by atoms with E-state index < -0.39 is 0 Å². The molecule has 0 saturated heterocycles. The molecule has 0 fully saturated rings. The molecule has 0 aliphatic heterocycles. The molecule has 0 spiro atoms. The van der Waals surface area contributed by atoms with Gasteiger partial charge in [0.25, 0.3) is 0 Å². The van der Waals surface area contributed by atoms with Crippen LogP contribution < -0.4 is 37.2 Å². The second-order valence-electron chi connectivity index (χ2n) is 3.07.